The molecular weight excluding hydrogens is 247 g/mol. The minimum Gasteiger partial charge on any atom is -0.383 e. The molecule has 0 aliphatic heterocycles. The van der Waals surface area contributed by atoms with E-state index >= 15 is 0 Å². The van der Waals surface area contributed by atoms with Crippen molar-refractivity contribution in [3.8, 4) is 0 Å². The van der Waals surface area contributed by atoms with Crippen LogP contribution in [0, 0.1) is 0 Å². The van der Waals surface area contributed by atoms with Crippen molar-refractivity contribution in [3.63, 3.8) is 0 Å². The number of pyridine rings is 1. The average Bonchev–Trinajstić information content (AvgIpc) is 2.28. The Kier molecular flexibility index (Phi) is 5.21. The molecule has 102 valence electrons. The second-order valence-electron chi connectivity index (χ2n) is 3.57. The fraction of sp³-hybridized carbons (Fsp3) is 0.545. The normalized spacial score (nSPS) is 11.4. The molecule has 0 unspecified atom stereocenters. The highest BCUT2D eigenvalue weighted by molar-refractivity contribution is 5.49. The van der Waals surface area contributed by atoms with Crippen molar-refractivity contribution in [3.05, 3.63) is 17.7 Å². The lowest BCUT2D eigenvalue weighted by atomic mass is 10.2. The first-order valence-electron chi connectivity index (χ1n) is 5.53. The summed E-state index contributed by atoms with van der Waals surface area (Å²) in [5.41, 5.74) is -0.728. The molecule has 1 aromatic rings. The molecule has 18 heavy (non-hydrogen) atoms. The van der Waals surface area contributed by atoms with E-state index < -0.39 is 11.7 Å². The first-order valence-corrected chi connectivity index (χ1v) is 5.53. The first kappa shape index (κ1) is 14.6. The van der Waals surface area contributed by atoms with Crippen molar-refractivity contribution >= 4 is 11.6 Å². The number of hydrogen-bond donors (Lipinski definition) is 2. The molecule has 0 amide bonds. The van der Waals surface area contributed by atoms with Gasteiger partial charge in [-0.05, 0) is 19.1 Å². The van der Waals surface area contributed by atoms with Gasteiger partial charge >= 0.3 is 6.18 Å². The second kappa shape index (κ2) is 6.44. The van der Waals surface area contributed by atoms with Crippen LogP contribution in [0.15, 0.2) is 12.1 Å². The quantitative estimate of drug-likeness (QED) is 0.774. The standard InChI is InChI=1S/C11H16F3N3O/c1-3-15-9-6-8(11(12,13)14)7-10(17-9)16-4-5-18-2/h6-7H,3-5H2,1-2H3,(H2,15,16,17). The van der Waals surface area contributed by atoms with Crippen LogP contribution in [-0.4, -0.2) is 31.8 Å². The van der Waals surface area contributed by atoms with Crippen LogP contribution in [0.5, 0.6) is 0 Å². The van der Waals surface area contributed by atoms with E-state index in [1.807, 2.05) is 0 Å². The largest absolute Gasteiger partial charge is 0.416 e. The fourth-order valence-corrected chi connectivity index (χ4v) is 1.34. The van der Waals surface area contributed by atoms with Gasteiger partial charge in [0.1, 0.15) is 11.6 Å². The summed E-state index contributed by atoms with van der Waals surface area (Å²) in [5, 5.41) is 5.55. The Bertz CT molecular complexity index is 382. The average molecular weight is 263 g/mol. The molecule has 0 bridgehead atoms. The van der Waals surface area contributed by atoms with E-state index in [0.29, 0.717) is 19.7 Å². The van der Waals surface area contributed by atoms with E-state index in [1.54, 1.807) is 6.92 Å². The van der Waals surface area contributed by atoms with Crippen molar-refractivity contribution in [1.82, 2.24) is 4.98 Å². The van der Waals surface area contributed by atoms with Gasteiger partial charge in [-0.15, -0.1) is 0 Å². The SMILES string of the molecule is CCNc1cc(C(F)(F)F)cc(NCCOC)n1. The number of hydrogen-bond acceptors (Lipinski definition) is 4. The third kappa shape index (κ3) is 4.40. The smallest absolute Gasteiger partial charge is 0.383 e. The van der Waals surface area contributed by atoms with Gasteiger partial charge in [-0.2, -0.15) is 13.2 Å². The van der Waals surface area contributed by atoms with Gasteiger partial charge in [-0.1, -0.05) is 0 Å². The summed E-state index contributed by atoms with van der Waals surface area (Å²) in [6.45, 7) is 3.09. The number of halogens is 3. The number of methoxy groups -OCH3 is 1. The van der Waals surface area contributed by atoms with E-state index in [4.69, 9.17) is 4.74 Å². The monoisotopic (exact) mass is 263 g/mol. The molecule has 0 fully saturated rings. The predicted octanol–water partition coefficient (Wildman–Crippen LogP) is 2.59. The van der Waals surface area contributed by atoms with Crippen molar-refractivity contribution in [2.45, 2.75) is 13.1 Å². The van der Waals surface area contributed by atoms with Gasteiger partial charge in [0.05, 0.1) is 12.2 Å². The number of aromatic nitrogens is 1. The van der Waals surface area contributed by atoms with Crippen LogP contribution in [-0.2, 0) is 10.9 Å². The van der Waals surface area contributed by atoms with Gasteiger partial charge in [-0.25, -0.2) is 4.98 Å². The minimum absolute atomic E-state index is 0.179. The third-order valence-electron chi connectivity index (χ3n) is 2.12. The summed E-state index contributed by atoms with van der Waals surface area (Å²) in [4.78, 5) is 4.03. The number of rotatable bonds is 6. The summed E-state index contributed by atoms with van der Waals surface area (Å²) in [6.07, 6.45) is -4.38. The third-order valence-corrected chi connectivity index (χ3v) is 2.12. The maximum absolute atomic E-state index is 12.7. The number of ether oxygens (including phenoxy) is 1. The molecule has 0 saturated carbocycles. The summed E-state index contributed by atoms with van der Waals surface area (Å²) in [6, 6.07) is 1.97. The topological polar surface area (TPSA) is 46.2 Å². The zero-order valence-electron chi connectivity index (χ0n) is 10.3. The van der Waals surface area contributed by atoms with Gasteiger partial charge < -0.3 is 15.4 Å². The Morgan fingerprint density at radius 2 is 1.83 bits per heavy atom. The Hall–Kier alpha value is -1.50. The summed E-state index contributed by atoms with van der Waals surface area (Å²) < 4.78 is 42.8. The van der Waals surface area contributed by atoms with Crippen LogP contribution in [0.1, 0.15) is 12.5 Å². The highest BCUT2D eigenvalue weighted by Crippen LogP contribution is 2.31. The molecule has 0 radical (unpaired) electrons. The van der Waals surface area contributed by atoms with Crippen molar-refractivity contribution < 1.29 is 17.9 Å². The molecule has 0 saturated heterocycles. The molecule has 0 atom stereocenters. The first-order chi connectivity index (χ1) is 8.47. The number of nitrogens with one attached hydrogen (secondary N) is 2. The summed E-state index contributed by atoms with van der Waals surface area (Å²) >= 11 is 0. The maximum atomic E-state index is 12.7. The fourth-order valence-electron chi connectivity index (χ4n) is 1.34. The summed E-state index contributed by atoms with van der Waals surface area (Å²) in [7, 11) is 1.52. The molecule has 1 heterocycles. The van der Waals surface area contributed by atoms with Gasteiger partial charge in [0, 0.05) is 20.2 Å². The molecule has 2 N–H and O–H groups in total. The molecule has 0 aliphatic rings. The van der Waals surface area contributed by atoms with Crippen molar-refractivity contribution in [2.24, 2.45) is 0 Å². The van der Waals surface area contributed by atoms with Gasteiger partial charge in [0.2, 0.25) is 0 Å². The molecule has 1 rings (SSSR count). The molecular formula is C11H16F3N3O. The van der Waals surface area contributed by atoms with Gasteiger partial charge in [0.25, 0.3) is 0 Å². The van der Waals surface area contributed by atoms with Crippen LogP contribution in [0.4, 0.5) is 24.8 Å². The molecule has 0 aliphatic carbocycles. The van der Waals surface area contributed by atoms with Crippen LogP contribution in [0.2, 0.25) is 0 Å². The number of anilines is 2. The van der Waals surface area contributed by atoms with Crippen LogP contribution < -0.4 is 10.6 Å². The van der Waals surface area contributed by atoms with Crippen LogP contribution in [0.3, 0.4) is 0 Å². The Balaban J connectivity index is 2.91. The molecule has 0 aromatic carbocycles. The van der Waals surface area contributed by atoms with Gasteiger partial charge in [0.15, 0.2) is 0 Å². The van der Waals surface area contributed by atoms with E-state index in [2.05, 4.69) is 15.6 Å². The predicted molar refractivity (Wildman–Crippen MR) is 63.8 cm³/mol. The number of alkyl halides is 3. The highest BCUT2D eigenvalue weighted by Gasteiger charge is 2.31. The molecule has 0 spiro atoms. The van der Waals surface area contributed by atoms with E-state index in [0.717, 1.165) is 12.1 Å². The minimum atomic E-state index is -4.38. The lowest BCUT2D eigenvalue weighted by Gasteiger charge is -2.13. The highest BCUT2D eigenvalue weighted by atomic mass is 19.4. The van der Waals surface area contributed by atoms with E-state index in [1.165, 1.54) is 7.11 Å². The Labute approximate surface area is 104 Å². The maximum Gasteiger partial charge on any atom is 0.416 e. The molecule has 1 aromatic heterocycles. The van der Waals surface area contributed by atoms with E-state index in [9.17, 15) is 13.2 Å². The summed E-state index contributed by atoms with van der Waals surface area (Å²) in [5.74, 6) is 0.380. The van der Waals surface area contributed by atoms with Crippen molar-refractivity contribution in [1.29, 1.82) is 0 Å². The van der Waals surface area contributed by atoms with Gasteiger partial charge in [-0.3, -0.25) is 0 Å². The van der Waals surface area contributed by atoms with Crippen LogP contribution in [0.25, 0.3) is 0 Å². The second-order valence-corrected chi connectivity index (χ2v) is 3.57. The van der Waals surface area contributed by atoms with Crippen molar-refractivity contribution in [2.75, 3.05) is 37.4 Å². The lowest BCUT2D eigenvalue weighted by molar-refractivity contribution is -0.137. The molecule has 4 nitrogen and oxygen atoms in total. The zero-order valence-corrected chi connectivity index (χ0v) is 10.3. The molecule has 7 heteroatoms. The van der Waals surface area contributed by atoms with E-state index in [-0.39, 0.29) is 11.6 Å². The number of nitrogens with zero attached hydrogens (tertiary/aromatic N) is 1. The van der Waals surface area contributed by atoms with Crippen LogP contribution >= 0.6 is 0 Å². The lowest BCUT2D eigenvalue weighted by Crippen LogP contribution is -2.13. The Morgan fingerprint density at radius 1 is 1.22 bits per heavy atom. The zero-order chi connectivity index (χ0) is 13.6. The Morgan fingerprint density at radius 3 is 2.33 bits per heavy atom.